The molecule has 2 amide bonds. The van der Waals surface area contributed by atoms with Crippen molar-refractivity contribution in [1.29, 1.82) is 0 Å². The number of fused-ring (bicyclic) bond motifs is 5. The Kier molecular flexibility index (Phi) is 7.99. The second-order valence-corrected chi connectivity index (χ2v) is 12.8. The van der Waals surface area contributed by atoms with Gasteiger partial charge in [-0.1, -0.05) is 71.4 Å². The van der Waals surface area contributed by atoms with Gasteiger partial charge in [0.05, 0.1) is 12.1 Å². The first-order chi connectivity index (χ1) is 19.5. The van der Waals surface area contributed by atoms with Gasteiger partial charge >= 0.3 is 12.1 Å². The lowest BCUT2D eigenvalue weighted by molar-refractivity contribution is -0.150. The Labute approximate surface area is 241 Å². The third-order valence-electron chi connectivity index (χ3n) is 8.87. The average molecular weight is 564 g/mol. The molecule has 2 aliphatic heterocycles. The van der Waals surface area contributed by atoms with E-state index in [9.17, 15) is 19.5 Å². The van der Waals surface area contributed by atoms with Crippen molar-refractivity contribution in [3.05, 3.63) is 42.0 Å². The van der Waals surface area contributed by atoms with Gasteiger partial charge in [0.25, 0.3) is 0 Å². The monoisotopic (exact) mass is 563 g/mol. The van der Waals surface area contributed by atoms with Crippen molar-refractivity contribution in [3.63, 3.8) is 0 Å². The highest BCUT2D eigenvalue weighted by atomic mass is 16.6. The molecule has 41 heavy (non-hydrogen) atoms. The topological polar surface area (TPSA) is 118 Å². The molecule has 3 aliphatic rings. The third-order valence-corrected chi connectivity index (χ3v) is 8.87. The summed E-state index contributed by atoms with van der Waals surface area (Å²) in [4.78, 5) is 45.3. The molecule has 9 nitrogen and oxygen atoms in total. The van der Waals surface area contributed by atoms with E-state index < -0.39 is 41.6 Å². The largest absolute Gasteiger partial charge is 0.480 e. The predicted octanol–water partition coefficient (Wildman–Crippen LogP) is 5.20. The molecule has 3 heterocycles. The van der Waals surface area contributed by atoms with Gasteiger partial charge in [0.15, 0.2) is 0 Å². The number of hydrogen-bond donors (Lipinski definition) is 2. The summed E-state index contributed by atoms with van der Waals surface area (Å²) in [6, 6.07) is 5.79. The summed E-state index contributed by atoms with van der Waals surface area (Å²) < 4.78 is 12.2. The molecule has 1 aromatic carbocycles. The third kappa shape index (κ3) is 5.90. The first kappa shape index (κ1) is 28.9. The summed E-state index contributed by atoms with van der Waals surface area (Å²) in [5, 5.41) is 13.8. The van der Waals surface area contributed by atoms with E-state index >= 15 is 0 Å². The molecule has 6 atom stereocenters. The number of nitrogens with one attached hydrogen (secondary N) is 1. The number of ether oxygens (including phenoxy) is 2. The Morgan fingerprint density at radius 3 is 2.63 bits per heavy atom. The molecule has 1 saturated carbocycles. The molecule has 5 rings (SSSR count). The van der Waals surface area contributed by atoms with Crippen molar-refractivity contribution < 1.29 is 29.0 Å². The van der Waals surface area contributed by atoms with Crippen LogP contribution in [0.15, 0.2) is 30.8 Å². The smallest absolute Gasteiger partial charge is 0.408 e. The van der Waals surface area contributed by atoms with Crippen LogP contribution >= 0.6 is 0 Å². The van der Waals surface area contributed by atoms with E-state index in [1.165, 1.54) is 4.90 Å². The van der Waals surface area contributed by atoms with Crippen molar-refractivity contribution >= 4 is 34.9 Å². The molecule has 2 aromatic rings. The van der Waals surface area contributed by atoms with Crippen molar-refractivity contribution in [2.75, 3.05) is 6.54 Å². The number of carbonyl (C=O) groups is 3. The van der Waals surface area contributed by atoms with Crippen LogP contribution in [0.25, 0.3) is 17.0 Å². The Morgan fingerprint density at radius 1 is 1.17 bits per heavy atom. The number of aliphatic carboxylic acids is 1. The van der Waals surface area contributed by atoms with Crippen LogP contribution in [0.3, 0.4) is 0 Å². The minimum absolute atomic E-state index is 0.0677. The zero-order chi connectivity index (χ0) is 29.5. The van der Waals surface area contributed by atoms with Gasteiger partial charge in [-0.2, -0.15) is 0 Å². The molecular formula is C32H41N3O6. The fourth-order valence-corrected chi connectivity index (χ4v) is 6.42. The van der Waals surface area contributed by atoms with Gasteiger partial charge in [0.1, 0.15) is 24.3 Å². The molecule has 0 spiro atoms. The van der Waals surface area contributed by atoms with Crippen molar-refractivity contribution in [1.82, 2.24) is 15.2 Å². The molecule has 1 aromatic heterocycles. The van der Waals surface area contributed by atoms with E-state index in [1.54, 1.807) is 0 Å². The molecule has 2 bridgehead atoms. The van der Waals surface area contributed by atoms with E-state index in [-0.39, 0.29) is 25.0 Å². The fraction of sp³-hybridized carbons (Fsp3) is 0.562. The summed E-state index contributed by atoms with van der Waals surface area (Å²) in [6.45, 7) is 11.7. The SMILES string of the molecule is C=Cc1c2c(nc3ccccc13)O[C@@H]1C[C@@H](C(=O)O)N(C1)C(=O)[C@H](C(C)(C)C)NC(=O)O[C@@H]1C(C)[C@H]1CCCCC2. The Balaban J connectivity index is 1.52. The van der Waals surface area contributed by atoms with Crippen molar-refractivity contribution in [2.24, 2.45) is 17.3 Å². The number of amides is 2. The van der Waals surface area contributed by atoms with Gasteiger partial charge in [-0.25, -0.2) is 14.6 Å². The van der Waals surface area contributed by atoms with Crippen LogP contribution < -0.4 is 10.1 Å². The first-order valence-electron chi connectivity index (χ1n) is 14.7. The second-order valence-electron chi connectivity index (χ2n) is 12.8. The number of hydrogen-bond acceptors (Lipinski definition) is 6. The van der Waals surface area contributed by atoms with Gasteiger partial charge in [-0.15, -0.1) is 0 Å². The summed E-state index contributed by atoms with van der Waals surface area (Å²) in [5.74, 6) is -0.553. The number of carbonyl (C=O) groups excluding carboxylic acids is 2. The second kappa shape index (κ2) is 11.3. The molecule has 220 valence electrons. The van der Waals surface area contributed by atoms with Gasteiger partial charge in [0.2, 0.25) is 11.8 Å². The van der Waals surface area contributed by atoms with E-state index in [0.29, 0.717) is 11.8 Å². The number of benzene rings is 1. The molecule has 2 N–H and O–H groups in total. The standard InChI is InChI=1S/C32H41N3O6/c1-6-20-22-13-10-11-15-24(22)33-28-23(20)14-9-7-8-12-21-18(2)26(21)41-31(39)34-27(32(3,4)5)29(36)35-17-19(40-28)16-25(35)30(37)38/h6,10-11,13,15,18-19,21,25-27H,1,7-9,12,14,16-17H2,2-5H3,(H,34,39)(H,37,38)/t18?,19-,21-,25+,26-,27-/m1/s1. The quantitative estimate of drug-likeness (QED) is 0.515. The number of para-hydroxylation sites is 1. The van der Waals surface area contributed by atoms with E-state index in [1.807, 2.05) is 51.1 Å². The summed E-state index contributed by atoms with van der Waals surface area (Å²) in [7, 11) is 0. The Bertz CT molecular complexity index is 1350. The zero-order valence-corrected chi connectivity index (χ0v) is 24.4. The number of carboxylic acids is 1. The summed E-state index contributed by atoms with van der Waals surface area (Å²) in [6.07, 6.45) is 5.19. The maximum atomic E-state index is 13.9. The lowest BCUT2D eigenvalue weighted by Crippen LogP contribution is -2.57. The van der Waals surface area contributed by atoms with Crippen LogP contribution in [0.2, 0.25) is 0 Å². The maximum Gasteiger partial charge on any atom is 0.408 e. The van der Waals surface area contributed by atoms with E-state index in [2.05, 4.69) is 18.8 Å². The van der Waals surface area contributed by atoms with Crippen LogP contribution in [-0.4, -0.2) is 63.8 Å². The number of carboxylic acid groups (broad SMARTS) is 1. The molecule has 0 radical (unpaired) electrons. The van der Waals surface area contributed by atoms with Crippen LogP contribution in [-0.2, 0) is 20.7 Å². The Morgan fingerprint density at radius 2 is 1.93 bits per heavy atom. The normalized spacial score (nSPS) is 29.2. The number of alkyl carbamates (subject to hydrolysis) is 1. The first-order valence-corrected chi connectivity index (χ1v) is 14.7. The fourth-order valence-electron chi connectivity index (χ4n) is 6.42. The number of nitrogens with zero attached hydrogens (tertiary/aromatic N) is 2. The molecule has 1 unspecified atom stereocenters. The summed E-state index contributed by atoms with van der Waals surface area (Å²) in [5.41, 5.74) is 2.02. The van der Waals surface area contributed by atoms with Crippen LogP contribution in [0.4, 0.5) is 4.79 Å². The molecule has 1 saturated heterocycles. The highest BCUT2D eigenvalue weighted by Crippen LogP contribution is 2.45. The highest BCUT2D eigenvalue weighted by molar-refractivity contribution is 5.91. The number of rotatable bonds is 2. The van der Waals surface area contributed by atoms with Gasteiger partial charge in [0, 0.05) is 23.3 Å². The minimum Gasteiger partial charge on any atom is -0.480 e. The molecular weight excluding hydrogens is 522 g/mol. The molecule has 9 heteroatoms. The minimum atomic E-state index is -1.11. The number of pyridine rings is 1. The molecule has 2 fully saturated rings. The van der Waals surface area contributed by atoms with Gasteiger partial charge < -0.3 is 24.8 Å². The lowest BCUT2D eigenvalue weighted by atomic mass is 9.85. The maximum absolute atomic E-state index is 13.9. The predicted molar refractivity (Wildman–Crippen MR) is 155 cm³/mol. The highest BCUT2D eigenvalue weighted by Gasteiger charge is 2.50. The van der Waals surface area contributed by atoms with Gasteiger partial charge in [-0.05, 0) is 42.2 Å². The van der Waals surface area contributed by atoms with Crippen molar-refractivity contribution in [2.45, 2.75) is 90.5 Å². The average Bonchev–Trinajstić information content (AvgIpc) is 3.30. The van der Waals surface area contributed by atoms with Crippen LogP contribution in [0.5, 0.6) is 5.88 Å². The summed E-state index contributed by atoms with van der Waals surface area (Å²) >= 11 is 0. The van der Waals surface area contributed by atoms with Crippen LogP contribution in [0, 0.1) is 17.3 Å². The van der Waals surface area contributed by atoms with Gasteiger partial charge in [-0.3, -0.25) is 4.79 Å². The van der Waals surface area contributed by atoms with E-state index in [4.69, 9.17) is 14.5 Å². The van der Waals surface area contributed by atoms with E-state index in [0.717, 1.165) is 54.1 Å². The lowest BCUT2D eigenvalue weighted by Gasteiger charge is -2.34. The zero-order valence-electron chi connectivity index (χ0n) is 24.4. The Hall–Kier alpha value is -3.62. The van der Waals surface area contributed by atoms with Crippen LogP contribution in [0.1, 0.15) is 70.9 Å². The molecule has 1 aliphatic carbocycles. The number of aromatic nitrogens is 1. The van der Waals surface area contributed by atoms with Crippen molar-refractivity contribution in [3.8, 4) is 5.88 Å².